The molecule has 1 aromatic carbocycles. The van der Waals surface area contributed by atoms with Gasteiger partial charge in [0, 0.05) is 0 Å². The topological polar surface area (TPSA) is 55.4 Å². The normalized spacial score (nSPS) is 14.5. The van der Waals surface area contributed by atoms with Gasteiger partial charge in [-0.25, -0.2) is 4.79 Å². The smallest absolute Gasteiger partial charge is 0.423 e. The van der Waals surface area contributed by atoms with E-state index in [0.717, 1.165) is 37.5 Å². The van der Waals surface area contributed by atoms with Crippen LogP contribution >= 0.6 is 0 Å². The Labute approximate surface area is 164 Å². The number of halogens is 3. The first-order valence-corrected chi connectivity index (χ1v) is 9.28. The lowest BCUT2D eigenvalue weighted by Gasteiger charge is -2.35. The van der Waals surface area contributed by atoms with Gasteiger partial charge in [-0.1, -0.05) is 56.2 Å². The van der Waals surface area contributed by atoms with Crippen LogP contribution in [0.25, 0.3) is 0 Å². The summed E-state index contributed by atoms with van der Waals surface area (Å²) in [6, 6.07) is 6.61. The number of carbonyl (C=O) groups is 2. The van der Waals surface area contributed by atoms with E-state index in [1.807, 2.05) is 12.2 Å². The molecule has 1 amide bonds. The standard InChI is InChI=1S/C21H28F3NO3/c1-5-6-7-8-12-15-17(26)20(21(22,23)24,16-13-10-9-11-14-16)25-18(27)28-19(2,3)4/h9-15H,5-8H2,1-4H3,(H,25,27)/b15-12+. The van der Waals surface area contributed by atoms with Crippen molar-refractivity contribution in [2.24, 2.45) is 0 Å². The number of benzene rings is 1. The van der Waals surface area contributed by atoms with Crippen LogP contribution in [-0.2, 0) is 15.1 Å². The molecule has 0 fully saturated rings. The van der Waals surface area contributed by atoms with E-state index in [9.17, 15) is 22.8 Å². The Morgan fingerprint density at radius 2 is 1.68 bits per heavy atom. The first-order valence-electron chi connectivity index (χ1n) is 9.28. The van der Waals surface area contributed by atoms with Crippen molar-refractivity contribution in [3.63, 3.8) is 0 Å². The molecule has 0 aliphatic heterocycles. The van der Waals surface area contributed by atoms with Crippen LogP contribution in [0.3, 0.4) is 0 Å². The van der Waals surface area contributed by atoms with Gasteiger partial charge < -0.3 is 4.74 Å². The molecule has 0 aromatic heterocycles. The Morgan fingerprint density at radius 1 is 1.07 bits per heavy atom. The van der Waals surface area contributed by atoms with Gasteiger partial charge in [-0.05, 0) is 45.3 Å². The highest BCUT2D eigenvalue weighted by Gasteiger charge is 2.62. The Bertz CT molecular complexity index is 678. The molecule has 1 unspecified atom stereocenters. The number of amides is 1. The quantitative estimate of drug-likeness (QED) is 0.452. The number of ketones is 1. The molecule has 0 saturated heterocycles. The number of alkyl carbamates (subject to hydrolysis) is 1. The van der Waals surface area contributed by atoms with E-state index in [2.05, 4.69) is 0 Å². The maximum Gasteiger partial charge on any atom is 0.423 e. The second-order valence-corrected chi connectivity index (χ2v) is 7.50. The number of carbonyl (C=O) groups excluding carboxylic acids is 2. The minimum atomic E-state index is -5.07. The minimum Gasteiger partial charge on any atom is -0.444 e. The Balaban J connectivity index is 3.34. The third-order valence-corrected chi connectivity index (χ3v) is 3.93. The van der Waals surface area contributed by atoms with E-state index in [-0.39, 0.29) is 5.56 Å². The molecule has 1 aromatic rings. The molecule has 1 N–H and O–H groups in total. The number of rotatable bonds is 8. The van der Waals surface area contributed by atoms with E-state index in [1.54, 1.807) is 0 Å². The predicted octanol–water partition coefficient (Wildman–Crippen LogP) is 5.67. The van der Waals surface area contributed by atoms with E-state index in [0.29, 0.717) is 6.42 Å². The van der Waals surface area contributed by atoms with Gasteiger partial charge in [0.25, 0.3) is 0 Å². The molecule has 0 bridgehead atoms. The lowest BCUT2D eigenvalue weighted by molar-refractivity contribution is -0.198. The van der Waals surface area contributed by atoms with Gasteiger partial charge in [-0.3, -0.25) is 10.1 Å². The van der Waals surface area contributed by atoms with Gasteiger partial charge in [0.1, 0.15) is 5.60 Å². The molecular formula is C21H28F3NO3. The van der Waals surface area contributed by atoms with Crippen LogP contribution in [0, 0.1) is 0 Å². The molecule has 0 aliphatic carbocycles. The van der Waals surface area contributed by atoms with Gasteiger partial charge >= 0.3 is 12.3 Å². The summed E-state index contributed by atoms with van der Waals surface area (Å²) in [6.07, 6.45) is -0.960. The van der Waals surface area contributed by atoms with Crippen molar-refractivity contribution >= 4 is 11.9 Å². The zero-order chi connectivity index (χ0) is 21.4. The van der Waals surface area contributed by atoms with Crippen molar-refractivity contribution < 1.29 is 27.5 Å². The third kappa shape index (κ3) is 6.39. The molecule has 7 heteroatoms. The molecule has 156 valence electrons. The van der Waals surface area contributed by atoms with Crippen LogP contribution < -0.4 is 5.32 Å². The number of unbranched alkanes of at least 4 members (excludes halogenated alkanes) is 3. The fraction of sp³-hybridized carbons (Fsp3) is 0.524. The van der Waals surface area contributed by atoms with Crippen molar-refractivity contribution in [1.82, 2.24) is 5.32 Å². The molecule has 1 atom stereocenters. The van der Waals surface area contributed by atoms with Crippen LogP contribution in [0.1, 0.15) is 58.9 Å². The number of alkyl halides is 3. The third-order valence-electron chi connectivity index (χ3n) is 3.93. The summed E-state index contributed by atoms with van der Waals surface area (Å²) in [6.45, 7) is 6.59. The van der Waals surface area contributed by atoms with Crippen molar-refractivity contribution in [2.45, 2.75) is 70.7 Å². The summed E-state index contributed by atoms with van der Waals surface area (Å²) in [4.78, 5) is 25.0. The minimum absolute atomic E-state index is 0.378. The first kappa shape index (κ1) is 23.7. The zero-order valence-electron chi connectivity index (χ0n) is 16.7. The van der Waals surface area contributed by atoms with E-state index >= 15 is 0 Å². The first-order chi connectivity index (χ1) is 12.9. The maximum absolute atomic E-state index is 14.2. The number of allylic oxidation sites excluding steroid dienone is 1. The van der Waals surface area contributed by atoms with Crippen molar-refractivity contribution in [3.05, 3.63) is 48.0 Å². The summed E-state index contributed by atoms with van der Waals surface area (Å²) in [5.41, 5.74) is -4.62. The van der Waals surface area contributed by atoms with Crippen LogP contribution in [-0.4, -0.2) is 23.7 Å². The Hall–Kier alpha value is -2.31. The Morgan fingerprint density at radius 3 is 2.18 bits per heavy atom. The number of hydrogen-bond donors (Lipinski definition) is 1. The van der Waals surface area contributed by atoms with Gasteiger partial charge in [0.2, 0.25) is 5.54 Å². The van der Waals surface area contributed by atoms with Gasteiger partial charge in [0.15, 0.2) is 5.78 Å². The number of nitrogens with one attached hydrogen (secondary N) is 1. The van der Waals surface area contributed by atoms with Crippen LogP contribution in [0.15, 0.2) is 42.5 Å². The van der Waals surface area contributed by atoms with E-state index < -0.39 is 29.2 Å². The maximum atomic E-state index is 14.2. The zero-order valence-corrected chi connectivity index (χ0v) is 16.7. The summed E-state index contributed by atoms with van der Waals surface area (Å²) in [5, 5.41) is 1.81. The molecule has 1 rings (SSSR count). The number of ether oxygens (including phenoxy) is 1. The van der Waals surface area contributed by atoms with Crippen molar-refractivity contribution in [1.29, 1.82) is 0 Å². The average Bonchev–Trinajstić information content (AvgIpc) is 2.57. The number of hydrogen-bond acceptors (Lipinski definition) is 3. The van der Waals surface area contributed by atoms with Gasteiger partial charge in [-0.15, -0.1) is 0 Å². The highest BCUT2D eigenvalue weighted by Crippen LogP contribution is 2.40. The molecule has 0 heterocycles. The molecule has 28 heavy (non-hydrogen) atoms. The van der Waals surface area contributed by atoms with Crippen LogP contribution in [0.4, 0.5) is 18.0 Å². The second-order valence-electron chi connectivity index (χ2n) is 7.50. The SMILES string of the molecule is CCCCC/C=C/C(=O)C(NC(=O)OC(C)(C)C)(c1ccccc1)C(F)(F)F. The van der Waals surface area contributed by atoms with E-state index in [4.69, 9.17) is 4.74 Å². The molecule has 0 spiro atoms. The molecule has 4 nitrogen and oxygen atoms in total. The summed E-state index contributed by atoms with van der Waals surface area (Å²) >= 11 is 0. The average molecular weight is 399 g/mol. The highest BCUT2D eigenvalue weighted by atomic mass is 19.4. The second kappa shape index (κ2) is 9.75. The highest BCUT2D eigenvalue weighted by molar-refractivity contribution is 6.01. The van der Waals surface area contributed by atoms with Crippen LogP contribution in [0.2, 0.25) is 0 Å². The van der Waals surface area contributed by atoms with Crippen molar-refractivity contribution in [3.8, 4) is 0 Å². The van der Waals surface area contributed by atoms with Crippen molar-refractivity contribution in [2.75, 3.05) is 0 Å². The van der Waals surface area contributed by atoms with Gasteiger partial charge in [0.05, 0.1) is 0 Å². The predicted molar refractivity (Wildman–Crippen MR) is 102 cm³/mol. The molecule has 0 radical (unpaired) electrons. The Kier molecular flexibility index (Phi) is 8.27. The molecule has 0 aliphatic rings. The summed E-state index contributed by atoms with van der Waals surface area (Å²) < 4.78 is 47.6. The lowest BCUT2D eigenvalue weighted by atomic mass is 9.84. The molecule has 0 saturated carbocycles. The monoisotopic (exact) mass is 399 g/mol. The van der Waals surface area contributed by atoms with Gasteiger partial charge in [-0.2, -0.15) is 13.2 Å². The van der Waals surface area contributed by atoms with E-state index in [1.165, 1.54) is 45.0 Å². The largest absolute Gasteiger partial charge is 0.444 e. The van der Waals surface area contributed by atoms with Crippen LogP contribution in [0.5, 0.6) is 0 Å². The summed E-state index contributed by atoms with van der Waals surface area (Å²) in [5.74, 6) is -1.27. The lowest BCUT2D eigenvalue weighted by Crippen LogP contribution is -2.61. The molecular weight excluding hydrogens is 371 g/mol. The fourth-order valence-corrected chi connectivity index (χ4v) is 2.62. The fourth-order valence-electron chi connectivity index (χ4n) is 2.62. The summed E-state index contributed by atoms with van der Waals surface area (Å²) in [7, 11) is 0.